The van der Waals surface area contributed by atoms with Gasteiger partial charge in [0, 0.05) is 59.9 Å². The van der Waals surface area contributed by atoms with E-state index in [9.17, 15) is 5.11 Å². The van der Waals surface area contributed by atoms with Gasteiger partial charge in [0.05, 0.1) is 32.1 Å². The lowest BCUT2D eigenvalue weighted by Crippen LogP contribution is -2.18. The van der Waals surface area contributed by atoms with Crippen molar-refractivity contribution in [3.05, 3.63) is 167 Å². The van der Waals surface area contributed by atoms with Crippen molar-refractivity contribution in [3.63, 3.8) is 0 Å². The van der Waals surface area contributed by atoms with E-state index in [1.807, 2.05) is 77.9 Å². The van der Waals surface area contributed by atoms with Crippen molar-refractivity contribution in [2.24, 2.45) is 0 Å². The van der Waals surface area contributed by atoms with Gasteiger partial charge < -0.3 is 5.11 Å². The third-order valence-electron chi connectivity index (χ3n) is 11.6. The van der Waals surface area contributed by atoms with Crippen LogP contribution in [-0.4, -0.2) is 19.6 Å². The van der Waals surface area contributed by atoms with Gasteiger partial charge in [-0.3, -0.25) is 9.55 Å². The van der Waals surface area contributed by atoms with Gasteiger partial charge >= 0.3 is 0 Å². The zero-order chi connectivity index (χ0) is 72.8. The minimum absolute atomic E-state index is 0.0131. The van der Waals surface area contributed by atoms with Crippen LogP contribution < -0.4 is 0 Å². The average Bonchev–Trinajstić information content (AvgIpc) is 0.828. The van der Waals surface area contributed by atoms with Gasteiger partial charge in [0.15, 0.2) is 0 Å². The summed E-state index contributed by atoms with van der Waals surface area (Å²) in [5, 5.41) is 13.1. The maximum absolute atomic E-state index is 13.1. The van der Waals surface area contributed by atoms with E-state index >= 15 is 0 Å². The van der Waals surface area contributed by atoms with Crippen LogP contribution in [0.4, 0.5) is 0 Å². The number of para-hydroxylation sites is 1. The second kappa shape index (κ2) is 16.6. The van der Waals surface area contributed by atoms with Gasteiger partial charge in [-0.2, -0.15) is 0 Å². The fourth-order valence-corrected chi connectivity index (χ4v) is 8.03. The summed E-state index contributed by atoms with van der Waals surface area (Å²) in [6.07, 6.45) is 1.32. The highest BCUT2D eigenvalue weighted by atomic mass is 16.3. The normalized spacial score (nSPS) is 21.2. The van der Waals surface area contributed by atoms with Crippen LogP contribution in [0.5, 0.6) is 5.75 Å². The van der Waals surface area contributed by atoms with Crippen molar-refractivity contribution in [3.8, 4) is 67.5 Å². The summed E-state index contributed by atoms with van der Waals surface area (Å²) in [4.78, 5) is 9.79. The number of imidazole rings is 1. The highest BCUT2D eigenvalue weighted by Crippen LogP contribution is 2.46. The number of hydrogen-bond donors (Lipinski definition) is 1. The molecule has 0 atom stereocenters. The topological polar surface area (TPSA) is 50.9 Å². The first kappa shape index (κ1) is 22.0. The SMILES string of the molecule is [2H]c1cc(-c2ccnc(-c3cc(-c4cccc5c4nc(-c4cc(C(C([2H])([2H])[2H])(C([2H])([2H])[2H])C([2H])([2H])[2H])cc(C(C([2H])([2H])[2H])(C([2H])([2H])[2H])C([2H])([2H])[2H])c4O)n5-c4ccc(-c5ccccc5)cc4C(C)(C)C)cc(C(C)(C)C)c3)c2)c([2H])c([2H])c1C(C([2H])([2H])[2H])(C([2H])([2H])[2H])C([2H])([2H])[2H]. The number of rotatable bonds is 6. The minimum Gasteiger partial charge on any atom is -0.507 e. The molecule has 2 aromatic heterocycles. The first-order chi connectivity index (χ1) is 43.3. The van der Waals surface area contributed by atoms with Crippen molar-refractivity contribution in [2.75, 3.05) is 0 Å². The number of phenols is 1. The highest BCUT2D eigenvalue weighted by molar-refractivity contribution is 5.97. The van der Waals surface area contributed by atoms with Crippen molar-refractivity contribution >= 4 is 11.0 Å². The Hall–Kier alpha value is -6.26. The van der Waals surface area contributed by atoms with E-state index in [0.717, 1.165) is 11.6 Å². The average molecular weight is 902 g/mol. The molecule has 0 fully saturated rings. The second-order valence-corrected chi connectivity index (χ2v) is 18.8. The third kappa shape index (κ3) is 9.12. The first-order valence-corrected chi connectivity index (χ1v) is 21.1. The molecule has 0 spiro atoms. The fraction of sp³-hybridized carbons (Fsp3) is 0.323. The van der Waals surface area contributed by atoms with Gasteiger partial charge in [0.2, 0.25) is 0 Å². The number of aromatic hydroxyl groups is 1. The number of hydrogen-bond acceptors (Lipinski definition) is 3. The molecule has 0 aliphatic rings. The van der Waals surface area contributed by atoms with E-state index in [-0.39, 0.29) is 45.2 Å². The summed E-state index contributed by atoms with van der Waals surface area (Å²) in [5.41, 5.74) is -14.6. The summed E-state index contributed by atoms with van der Waals surface area (Å²) in [6, 6.07) is 26.3. The van der Waals surface area contributed by atoms with E-state index in [4.69, 9.17) is 46.1 Å². The molecule has 0 aliphatic heterocycles. The van der Waals surface area contributed by atoms with E-state index in [1.54, 1.807) is 48.5 Å². The lowest BCUT2D eigenvalue weighted by molar-refractivity contribution is 0.446. The Morgan fingerprint density at radius 2 is 1.17 bits per heavy atom. The Labute approximate surface area is 437 Å². The maximum atomic E-state index is 13.1. The Kier molecular flexibility index (Phi) is 5.53. The van der Waals surface area contributed by atoms with Crippen molar-refractivity contribution in [2.45, 2.75) is 130 Å². The number of pyridine rings is 1. The maximum Gasteiger partial charge on any atom is 0.149 e. The Morgan fingerprint density at radius 3 is 1.86 bits per heavy atom. The van der Waals surface area contributed by atoms with E-state index < -0.39 is 141 Å². The molecular formula is C62H69N3O. The molecule has 338 valence electrons. The zero-order valence-corrected chi connectivity index (χ0v) is 37.3. The summed E-state index contributed by atoms with van der Waals surface area (Å²) in [6.45, 7) is -25.3. The predicted octanol–water partition coefficient (Wildman–Crippen LogP) is 16.9. The molecule has 0 radical (unpaired) electrons. The van der Waals surface area contributed by atoms with E-state index in [2.05, 4.69) is 4.98 Å². The molecule has 0 unspecified atom stereocenters. The van der Waals surface area contributed by atoms with E-state index in [1.165, 1.54) is 22.9 Å². The molecule has 1 N–H and O–H groups in total. The third-order valence-corrected chi connectivity index (χ3v) is 11.6. The summed E-state index contributed by atoms with van der Waals surface area (Å²) in [5.74, 6) is -1.99. The first-order valence-electron chi connectivity index (χ1n) is 36.1. The molecule has 6 aromatic carbocycles. The molecular weight excluding hydrogens is 803 g/mol. The predicted molar refractivity (Wildman–Crippen MR) is 281 cm³/mol. The van der Waals surface area contributed by atoms with Crippen molar-refractivity contribution in [1.29, 1.82) is 0 Å². The molecule has 66 heavy (non-hydrogen) atoms. The Bertz CT molecular complexity index is 4180. The summed E-state index contributed by atoms with van der Waals surface area (Å²) >= 11 is 0. The lowest BCUT2D eigenvalue weighted by Gasteiger charge is -2.28. The van der Waals surface area contributed by atoms with Crippen LogP contribution in [0.2, 0.25) is 0 Å². The molecule has 4 nitrogen and oxygen atoms in total. The molecule has 0 aliphatic carbocycles. The summed E-state index contributed by atoms with van der Waals surface area (Å²) < 4.78 is 262. The van der Waals surface area contributed by atoms with Gasteiger partial charge in [-0.1, -0.05) is 188 Å². The molecule has 4 heteroatoms. The Balaban J connectivity index is 1.55. The van der Waals surface area contributed by atoms with Gasteiger partial charge in [-0.05, 0) is 126 Å². The smallest absolute Gasteiger partial charge is 0.149 e. The molecule has 0 saturated carbocycles. The number of fused-ring (bicyclic) bond motifs is 1. The molecule has 8 aromatic rings. The zero-order valence-electron chi connectivity index (χ0n) is 67.3. The number of phenolic OH excluding ortho intramolecular Hbond substituents is 1. The lowest BCUT2D eigenvalue weighted by atomic mass is 9.78. The molecule has 0 amide bonds. The van der Waals surface area contributed by atoms with Crippen LogP contribution in [0, 0.1) is 0 Å². The van der Waals surface area contributed by atoms with Gasteiger partial charge in [0.25, 0.3) is 0 Å². The number of aromatic nitrogens is 3. The molecule has 8 rings (SSSR count). The van der Waals surface area contributed by atoms with Crippen LogP contribution in [0.3, 0.4) is 0 Å². The minimum atomic E-state index is -4.24. The van der Waals surface area contributed by atoms with Gasteiger partial charge in [-0.15, -0.1) is 0 Å². The molecule has 2 heterocycles. The van der Waals surface area contributed by atoms with Crippen LogP contribution in [0.15, 0.2) is 140 Å². The highest BCUT2D eigenvalue weighted by Gasteiger charge is 2.31. The quantitative estimate of drug-likeness (QED) is 0.181. The van der Waals surface area contributed by atoms with Crippen molar-refractivity contribution < 1.29 is 46.2 Å². The van der Waals surface area contributed by atoms with Gasteiger partial charge in [0.1, 0.15) is 11.6 Å². The van der Waals surface area contributed by atoms with Crippen LogP contribution in [0.25, 0.3) is 72.7 Å². The standard InChI is InChI=1S/C62H69N3O/c1-58(2,3)45-27-24-40(25-28-45)42-30-31-63-52(36-42)44-32-43(33-46(34-44)59(4,5)6)48-22-19-23-54-55(48)64-57(49-37-47(60(7,8)9)38-51(56(49)66)62(13,14)15)65(54)53-29-26-41(35-50(53)61(10,11)12)39-20-17-16-18-21-39/h16-38,66H,1-15H3/i1D3,2D3,3D3,7D3,8D3,9D3,13D3,14D3,15D3,24D,27D,28D. The van der Waals surface area contributed by atoms with Crippen LogP contribution in [-0.2, 0) is 27.1 Å². The van der Waals surface area contributed by atoms with Crippen LogP contribution in [0.1, 0.15) is 172 Å². The number of nitrogens with zero attached hydrogens (tertiary/aromatic N) is 3. The number of benzene rings is 6. The Morgan fingerprint density at radius 1 is 0.485 bits per heavy atom. The van der Waals surface area contributed by atoms with Crippen molar-refractivity contribution in [1.82, 2.24) is 14.5 Å². The monoisotopic (exact) mass is 902 g/mol. The molecule has 0 bridgehead atoms. The van der Waals surface area contributed by atoms with Gasteiger partial charge in [-0.25, -0.2) is 4.98 Å². The van der Waals surface area contributed by atoms with Crippen LogP contribution >= 0.6 is 0 Å². The molecule has 0 saturated heterocycles. The van der Waals surface area contributed by atoms with E-state index in [0.29, 0.717) is 33.9 Å². The second-order valence-electron chi connectivity index (χ2n) is 18.8. The summed E-state index contributed by atoms with van der Waals surface area (Å²) in [7, 11) is 0. The largest absolute Gasteiger partial charge is 0.507 e. The fourth-order valence-electron chi connectivity index (χ4n) is 8.03.